The summed E-state index contributed by atoms with van der Waals surface area (Å²) in [5, 5.41) is 13.1. The first kappa shape index (κ1) is 25.1. The lowest BCUT2D eigenvalue weighted by atomic mass is 9.48. The van der Waals surface area contributed by atoms with Crippen molar-refractivity contribution in [3.63, 3.8) is 0 Å². The number of benzene rings is 2. The number of anilines is 1. The SMILES string of the molecule is Cn1c(COc2ccc(Cl)cc2Cl)nnc1SCC(=O)Nc1ccc(C23CC4CC(CC(C4)C2)C3)cc1. The molecule has 1 amide bonds. The van der Waals surface area contributed by atoms with Gasteiger partial charge in [0.1, 0.15) is 12.4 Å². The second-order valence-corrected chi connectivity index (χ2v) is 12.7. The van der Waals surface area contributed by atoms with Crippen molar-refractivity contribution in [2.45, 2.75) is 55.7 Å². The molecule has 4 aliphatic carbocycles. The number of thioether (sulfide) groups is 1. The standard InChI is InChI=1S/C28H30Cl2N4O2S/c1-34-25(15-36-24-7-4-21(29)11-23(24)30)32-33-27(34)37-16-26(35)31-22-5-2-20(3-6-22)28-12-17-8-18(13-28)10-19(9-17)14-28/h2-7,11,17-19H,8-10,12-16H2,1H3,(H,31,35). The molecule has 4 aliphatic rings. The minimum absolute atomic E-state index is 0.0682. The molecule has 2 aromatic carbocycles. The first-order chi connectivity index (χ1) is 17.9. The van der Waals surface area contributed by atoms with E-state index in [2.05, 4.69) is 39.8 Å². The van der Waals surface area contributed by atoms with Crippen LogP contribution in [0.1, 0.15) is 49.9 Å². The molecule has 1 aromatic heterocycles. The van der Waals surface area contributed by atoms with Gasteiger partial charge in [0.05, 0.1) is 10.8 Å². The average molecular weight is 558 g/mol. The average Bonchev–Trinajstić information content (AvgIpc) is 3.21. The van der Waals surface area contributed by atoms with Crippen LogP contribution in [0.2, 0.25) is 10.0 Å². The Balaban J connectivity index is 1.02. The molecule has 4 bridgehead atoms. The number of hydrogen-bond acceptors (Lipinski definition) is 5. The van der Waals surface area contributed by atoms with Crippen LogP contribution in [0.15, 0.2) is 47.6 Å². The number of rotatable bonds is 8. The maximum atomic E-state index is 12.6. The molecule has 4 fully saturated rings. The second kappa shape index (κ2) is 10.2. The lowest BCUT2D eigenvalue weighted by molar-refractivity contribution is -0.113. The van der Waals surface area contributed by atoms with Crippen molar-refractivity contribution in [1.29, 1.82) is 0 Å². The van der Waals surface area contributed by atoms with E-state index in [1.54, 1.807) is 18.2 Å². The number of nitrogens with zero attached hydrogens (tertiary/aromatic N) is 3. The summed E-state index contributed by atoms with van der Waals surface area (Å²) in [6, 6.07) is 13.7. The summed E-state index contributed by atoms with van der Waals surface area (Å²) >= 11 is 13.4. The predicted octanol–water partition coefficient (Wildman–Crippen LogP) is 6.90. The van der Waals surface area contributed by atoms with Gasteiger partial charge in [-0.3, -0.25) is 4.79 Å². The van der Waals surface area contributed by atoms with Crippen LogP contribution in [-0.4, -0.2) is 26.4 Å². The Morgan fingerprint density at radius 3 is 2.38 bits per heavy atom. The molecule has 0 radical (unpaired) electrons. The van der Waals surface area contributed by atoms with Crippen LogP contribution >= 0.6 is 35.0 Å². The largest absolute Gasteiger partial charge is 0.484 e. The van der Waals surface area contributed by atoms with Crippen molar-refractivity contribution in [2.75, 3.05) is 11.1 Å². The van der Waals surface area contributed by atoms with E-state index in [1.807, 2.05) is 11.6 Å². The highest BCUT2D eigenvalue weighted by Crippen LogP contribution is 2.60. The topological polar surface area (TPSA) is 69.0 Å². The fraction of sp³-hybridized carbons (Fsp3) is 0.464. The number of carbonyl (C=O) groups excluding carboxylic acids is 1. The molecule has 1 heterocycles. The number of halogens is 2. The molecule has 3 aromatic rings. The Morgan fingerprint density at radius 2 is 1.73 bits per heavy atom. The maximum Gasteiger partial charge on any atom is 0.234 e. The van der Waals surface area contributed by atoms with Gasteiger partial charge in [-0.05, 0) is 97.6 Å². The van der Waals surface area contributed by atoms with Gasteiger partial charge in [-0.15, -0.1) is 10.2 Å². The molecule has 6 nitrogen and oxygen atoms in total. The molecule has 0 atom stereocenters. The van der Waals surface area contributed by atoms with Gasteiger partial charge in [0.15, 0.2) is 11.0 Å². The van der Waals surface area contributed by atoms with E-state index in [-0.39, 0.29) is 18.3 Å². The Kier molecular flexibility index (Phi) is 6.88. The summed E-state index contributed by atoms with van der Waals surface area (Å²) in [5.74, 6) is 4.10. The van der Waals surface area contributed by atoms with Gasteiger partial charge >= 0.3 is 0 Å². The third-order valence-corrected chi connectivity index (χ3v) is 9.88. The molecule has 0 spiro atoms. The summed E-state index contributed by atoms with van der Waals surface area (Å²) in [6.07, 6.45) is 8.38. The van der Waals surface area contributed by atoms with Crippen molar-refractivity contribution in [1.82, 2.24) is 14.8 Å². The molecule has 9 heteroatoms. The van der Waals surface area contributed by atoms with E-state index in [4.69, 9.17) is 27.9 Å². The monoisotopic (exact) mass is 556 g/mol. The molecule has 37 heavy (non-hydrogen) atoms. The van der Waals surface area contributed by atoms with Gasteiger partial charge in [-0.25, -0.2) is 0 Å². The summed E-state index contributed by atoms with van der Waals surface area (Å²) in [5.41, 5.74) is 2.68. The number of amides is 1. The highest BCUT2D eigenvalue weighted by molar-refractivity contribution is 7.99. The molecule has 4 saturated carbocycles. The fourth-order valence-electron chi connectivity index (χ4n) is 7.03. The normalized spacial score (nSPS) is 25.9. The van der Waals surface area contributed by atoms with Crippen molar-refractivity contribution in [3.05, 3.63) is 63.9 Å². The van der Waals surface area contributed by atoms with Crippen LogP contribution in [-0.2, 0) is 23.9 Å². The van der Waals surface area contributed by atoms with Gasteiger partial charge in [0.2, 0.25) is 5.91 Å². The minimum Gasteiger partial charge on any atom is -0.484 e. The zero-order valence-electron chi connectivity index (χ0n) is 20.8. The van der Waals surface area contributed by atoms with Crippen LogP contribution in [0.3, 0.4) is 0 Å². The fourth-order valence-corrected chi connectivity index (χ4v) is 8.22. The number of aromatic nitrogens is 3. The van der Waals surface area contributed by atoms with Gasteiger partial charge in [0.25, 0.3) is 0 Å². The first-order valence-electron chi connectivity index (χ1n) is 12.9. The third-order valence-electron chi connectivity index (χ3n) is 8.33. The number of ether oxygens (including phenoxy) is 1. The highest BCUT2D eigenvalue weighted by Gasteiger charge is 2.51. The zero-order valence-corrected chi connectivity index (χ0v) is 23.1. The predicted molar refractivity (Wildman–Crippen MR) is 147 cm³/mol. The highest BCUT2D eigenvalue weighted by atomic mass is 35.5. The summed E-state index contributed by atoms with van der Waals surface area (Å²) in [4.78, 5) is 12.6. The quantitative estimate of drug-likeness (QED) is 0.305. The van der Waals surface area contributed by atoms with E-state index >= 15 is 0 Å². The van der Waals surface area contributed by atoms with Crippen LogP contribution < -0.4 is 10.1 Å². The van der Waals surface area contributed by atoms with E-state index in [1.165, 1.54) is 55.9 Å². The van der Waals surface area contributed by atoms with Crippen molar-refractivity contribution in [2.24, 2.45) is 24.8 Å². The lowest BCUT2D eigenvalue weighted by Gasteiger charge is -2.57. The molecule has 0 unspecified atom stereocenters. The van der Waals surface area contributed by atoms with E-state index in [9.17, 15) is 4.79 Å². The second-order valence-electron chi connectivity index (χ2n) is 10.9. The van der Waals surface area contributed by atoms with Gasteiger partial charge in [-0.2, -0.15) is 0 Å². The van der Waals surface area contributed by atoms with E-state index in [0.29, 0.717) is 32.2 Å². The zero-order chi connectivity index (χ0) is 25.6. The first-order valence-corrected chi connectivity index (χ1v) is 14.6. The smallest absolute Gasteiger partial charge is 0.234 e. The Labute approximate surface area is 231 Å². The van der Waals surface area contributed by atoms with E-state index in [0.717, 1.165) is 23.4 Å². The molecule has 0 saturated heterocycles. The van der Waals surface area contributed by atoms with Gasteiger partial charge in [-0.1, -0.05) is 47.1 Å². The lowest BCUT2D eigenvalue weighted by Crippen LogP contribution is -2.48. The minimum atomic E-state index is -0.0682. The van der Waals surface area contributed by atoms with Crippen LogP contribution in [0, 0.1) is 17.8 Å². The summed E-state index contributed by atoms with van der Waals surface area (Å²) in [7, 11) is 1.85. The van der Waals surface area contributed by atoms with Crippen molar-refractivity contribution >= 4 is 46.6 Å². The van der Waals surface area contributed by atoms with Crippen LogP contribution in [0.5, 0.6) is 5.75 Å². The number of hydrogen-bond donors (Lipinski definition) is 1. The van der Waals surface area contributed by atoms with E-state index < -0.39 is 0 Å². The van der Waals surface area contributed by atoms with Crippen molar-refractivity contribution < 1.29 is 9.53 Å². The molecular formula is C28H30Cl2N4O2S. The molecular weight excluding hydrogens is 527 g/mol. The Morgan fingerprint density at radius 1 is 1.05 bits per heavy atom. The van der Waals surface area contributed by atoms with Gasteiger partial charge in [0, 0.05) is 17.8 Å². The number of carbonyl (C=O) groups is 1. The third kappa shape index (κ3) is 5.23. The Bertz CT molecular complexity index is 1270. The van der Waals surface area contributed by atoms with Crippen molar-refractivity contribution in [3.8, 4) is 5.75 Å². The summed E-state index contributed by atoms with van der Waals surface area (Å²) < 4.78 is 7.58. The van der Waals surface area contributed by atoms with Crippen LogP contribution in [0.4, 0.5) is 5.69 Å². The Hall–Kier alpha value is -2.22. The number of nitrogens with one attached hydrogen (secondary N) is 1. The molecule has 7 rings (SSSR count). The van der Waals surface area contributed by atoms with Crippen LogP contribution in [0.25, 0.3) is 0 Å². The molecule has 0 aliphatic heterocycles. The summed E-state index contributed by atoms with van der Waals surface area (Å²) in [6.45, 7) is 0.202. The molecule has 194 valence electrons. The molecule has 1 N–H and O–H groups in total. The van der Waals surface area contributed by atoms with Gasteiger partial charge < -0.3 is 14.6 Å². The maximum absolute atomic E-state index is 12.6.